The minimum absolute atomic E-state index is 0.0510. The number of likely N-dealkylation sites (tertiary alicyclic amines) is 1. The van der Waals surface area contributed by atoms with Crippen molar-refractivity contribution in [3.63, 3.8) is 0 Å². The highest BCUT2D eigenvalue weighted by molar-refractivity contribution is 9.10. The molecule has 0 aliphatic carbocycles. The Morgan fingerprint density at radius 2 is 1.76 bits per heavy atom. The maximum absolute atomic E-state index is 13.0. The van der Waals surface area contributed by atoms with E-state index in [1.54, 1.807) is 30.5 Å². The van der Waals surface area contributed by atoms with Crippen LogP contribution in [0.25, 0.3) is 11.1 Å². The number of hydrogen-bond donors (Lipinski definition) is 1. The van der Waals surface area contributed by atoms with Gasteiger partial charge in [0.25, 0.3) is 5.91 Å². The number of aromatic nitrogens is 1. The lowest BCUT2D eigenvalue weighted by Crippen LogP contribution is -2.44. The van der Waals surface area contributed by atoms with Crippen LogP contribution in [0.15, 0.2) is 71.5 Å². The Kier molecular flexibility index (Phi) is 7.14. The summed E-state index contributed by atoms with van der Waals surface area (Å²) in [6.45, 7) is 2.53. The van der Waals surface area contributed by atoms with Crippen LogP contribution in [0.3, 0.4) is 0 Å². The summed E-state index contributed by atoms with van der Waals surface area (Å²) in [5.74, 6) is -0.208. The lowest BCUT2D eigenvalue weighted by atomic mass is 9.97. The van der Waals surface area contributed by atoms with Gasteiger partial charge in [-0.2, -0.15) is 13.2 Å². The molecule has 33 heavy (non-hydrogen) atoms. The molecule has 3 aromatic rings. The number of carbonyl (C=O) groups excluding carboxylic acids is 1. The molecule has 0 atom stereocenters. The van der Waals surface area contributed by atoms with E-state index in [4.69, 9.17) is 0 Å². The molecule has 0 saturated carbocycles. The zero-order valence-electron chi connectivity index (χ0n) is 17.8. The normalized spacial score (nSPS) is 15.4. The molecule has 8 heteroatoms. The topological polar surface area (TPSA) is 45.2 Å². The highest BCUT2D eigenvalue weighted by Gasteiger charge is 2.30. The largest absolute Gasteiger partial charge is 0.416 e. The molecule has 2 heterocycles. The monoisotopic (exact) mass is 517 g/mol. The first-order chi connectivity index (χ1) is 15.8. The SMILES string of the molecule is O=C(NC1CCN(Cc2cncc(Br)c2)CC1)c1ccccc1-c1ccc(C(F)(F)F)cc1. The van der Waals surface area contributed by atoms with Gasteiger partial charge in [-0.3, -0.25) is 14.7 Å². The average molecular weight is 518 g/mol. The van der Waals surface area contributed by atoms with Gasteiger partial charge in [0, 0.05) is 48.1 Å². The summed E-state index contributed by atoms with van der Waals surface area (Å²) in [5.41, 5.74) is 2.07. The molecule has 1 amide bonds. The highest BCUT2D eigenvalue weighted by Crippen LogP contribution is 2.32. The van der Waals surface area contributed by atoms with Crippen molar-refractivity contribution in [3.8, 4) is 11.1 Å². The van der Waals surface area contributed by atoms with Crippen LogP contribution in [-0.4, -0.2) is 34.9 Å². The number of rotatable bonds is 5. The lowest BCUT2D eigenvalue weighted by Gasteiger charge is -2.32. The standard InChI is InChI=1S/C25H23BrF3N3O/c26-20-13-17(14-30-15-20)16-32-11-9-21(10-12-32)31-24(33)23-4-2-1-3-22(23)18-5-7-19(8-6-18)25(27,28)29/h1-8,13-15,21H,9-12,16H2,(H,31,33). The third-order valence-corrected chi connectivity index (χ3v) is 6.22. The fourth-order valence-corrected chi connectivity index (χ4v) is 4.48. The van der Waals surface area contributed by atoms with E-state index >= 15 is 0 Å². The Labute approximate surface area is 199 Å². The summed E-state index contributed by atoms with van der Waals surface area (Å²) in [5, 5.41) is 3.11. The van der Waals surface area contributed by atoms with E-state index in [-0.39, 0.29) is 11.9 Å². The van der Waals surface area contributed by atoms with Crippen LogP contribution in [0, 0.1) is 0 Å². The third-order valence-electron chi connectivity index (χ3n) is 5.79. The number of halogens is 4. The van der Waals surface area contributed by atoms with E-state index in [1.165, 1.54) is 12.1 Å². The van der Waals surface area contributed by atoms with E-state index in [0.29, 0.717) is 16.7 Å². The van der Waals surface area contributed by atoms with Crippen molar-refractivity contribution >= 4 is 21.8 Å². The minimum atomic E-state index is -4.39. The van der Waals surface area contributed by atoms with Gasteiger partial charge in [0.05, 0.1) is 5.56 Å². The van der Waals surface area contributed by atoms with Crippen molar-refractivity contribution in [2.45, 2.75) is 31.6 Å². The quantitative estimate of drug-likeness (QED) is 0.456. The maximum atomic E-state index is 13.0. The Morgan fingerprint density at radius 1 is 1.06 bits per heavy atom. The fraction of sp³-hybridized carbons (Fsp3) is 0.280. The predicted octanol–water partition coefficient (Wildman–Crippen LogP) is 5.92. The molecular weight excluding hydrogens is 495 g/mol. The molecule has 4 nitrogen and oxygen atoms in total. The van der Waals surface area contributed by atoms with Gasteiger partial charge in [-0.1, -0.05) is 30.3 Å². The molecule has 1 aromatic heterocycles. The van der Waals surface area contributed by atoms with Gasteiger partial charge in [-0.15, -0.1) is 0 Å². The maximum Gasteiger partial charge on any atom is 0.416 e. The second-order valence-electron chi connectivity index (χ2n) is 8.16. The van der Waals surface area contributed by atoms with E-state index in [9.17, 15) is 18.0 Å². The zero-order chi connectivity index (χ0) is 23.4. The van der Waals surface area contributed by atoms with Gasteiger partial charge in [-0.05, 0) is 69.7 Å². The summed E-state index contributed by atoms with van der Waals surface area (Å²) in [7, 11) is 0. The molecule has 1 saturated heterocycles. The summed E-state index contributed by atoms with van der Waals surface area (Å²) < 4.78 is 39.6. The minimum Gasteiger partial charge on any atom is -0.349 e. The number of alkyl halides is 3. The lowest BCUT2D eigenvalue weighted by molar-refractivity contribution is -0.137. The summed E-state index contributed by atoms with van der Waals surface area (Å²) >= 11 is 3.44. The van der Waals surface area contributed by atoms with Crippen molar-refractivity contribution in [2.75, 3.05) is 13.1 Å². The molecule has 172 valence electrons. The highest BCUT2D eigenvalue weighted by atomic mass is 79.9. The van der Waals surface area contributed by atoms with E-state index in [2.05, 4.69) is 37.2 Å². The summed E-state index contributed by atoms with van der Waals surface area (Å²) in [4.78, 5) is 19.6. The van der Waals surface area contributed by atoms with Gasteiger partial charge < -0.3 is 5.32 Å². The number of pyridine rings is 1. The summed E-state index contributed by atoms with van der Waals surface area (Å²) in [6.07, 6.45) is 0.883. The zero-order valence-corrected chi connectivity index (χ0v) is 19.4. The van der Waals surface area contributed by atoms with Gasteiger partial charge >= 0.3 is 6.18 Å². The van der Waals surface area contributed by atoms with Gasteiger partial charge in [0.2, 0.25) is 0 Å². The number of hydrogen-bond acceptors (Lipinski definition) is 3. The molecule has 0 radical (unpaired) electrons. The first kappa shape index (κ1) is 23.4. The molecule has 0 spiro atoms. The molecule has 1 aliphatic heterocycles. The van der Waals surface area contributed by atoms with Crippen LogP contribution in [-0.2, 0) is 12.7 Å². The number of nitrogens with one attached hydrogen (secondary N) is 1. The molecule has 1 N–H and O–H groups in total. The molecule has 2 aromatic carbocycles. The smallest absolute Gasteiger partial charge is 0.349 e. The average Bonchev–Trinajstić information content (AvgIpc) is 2.80. The van der Waals surface area contributed by atoms with Gasteiger partial charge in [0.15, 0.2) is 0 Å². The van der Waals surface area contributed by atoms with Crippen LogP contribution in [0.5, 0.6) is 0 Å². The molecule has 1 aliphatic rings. The van der Waals surface area contributed by atoms with Gasteiger partial charge in [-0.25, -0.2) is 0 Å². The Morgan fingerprint density at radius 3 is 2.42 bits per heavy atom. The van der Waals surface area contributed by atoms with Crippen LogP contribution >= 0.6 is 15.9 Å². The van der Waals surface area contributed by atoms with Crippen LogP contribution < -0.4 is 5.32 Å². The molecule has 0 unspecified atom stereocenters. The predicted molar refractivity (Wildman–Crippen MR) is 125 cm³/mol. The van der Waals surface area contributed by atoms with Crippen molar-refractivity contribution < 1.29 is 18.0 Å². The molecule has 1 fully saturated rings. The van der Waals surface area contributed by atoms with Crippen LogP contribution in [0.4, 0.5) is 13.2 Å². The van der Waals surface area contributed by atoms with Crippen molar-refractivity contribution in [2.24, 2.45) is 0 Å². The van der Waals surface area contributed by atoms with Crippen molar-refractivity contribution in [3.05, 3.63) is 88.2 Å². The van der Waals surface area contributed by atoms with Crippen molar-refractivity contribution in [1.29, 1.82) is 0 Å². The Bertz CT molecular complexity index is 1110. The van der Waals surface area contributed by atoms with Gasteiger partial charge in [0.1, 0.15) is 0 Å². The Balaban J connectivity index is 1.39. The molecular formula is C25H23BrF3N3O. The number of amides is 1. The van der Waals surface area contributed by atoms with E-state index in [1.807, 2.05) is 6.20 Å². The number of piperidine rings is 1. The first-order valence-electron chi connectivity index (χ1n) is 10.7. The molecule has 4 rings (SSSR count). The Hall–Kier alpha value is -2.71. The van der Waals surface area contributed by atoms with Crippen molar-refractivity contribution in [1.82, 2.24) is 15.2 Å². The second-order valence-corrected chi connectivity index (χ2v) is 9.07. The first-order valence-corrected chi connectivity index (χ1v) is 11.5. The number of benzene rings is 2. The third kappa shape index (κ3) is 6.00. The second kappa shape index (κ2) is 10.1. The number of nitrogens with zero attached hydrogens (tertiary/aromatic N) is 2. The van der Waals surface area contributed by atoms with E-state index < -0.39 is 11.7 Å². The number of carbonyl (C=O) groups is 1. The van der Waals surface area contributed by atoms with E-state index in [0.717, 1.165) is 54.6 Å². The fourth-order valence-electron chi connectivity index (χ4n) is 4.07. The summed E-state index contributed by atoms with van der Waals surface area (Å²) in [6, 6.07) is 14.0. The van der Waals surface area contributed by atoms with Crippen LogP contribution in [0.1, 0.15) is 34.3 Å². The molecule has 0 bridgehead atoms. The van der Waals surface area contributed by atoms with Crippen LogP contribution in [0.2, 0.25) is 0 Å².